The lowest BCUT2D eigenvalue weighted by atomic mass is 9.91. The molecule has 2 aromatic rings. The van der Waals surface area contributed by atoms with E-state index in [1.165, 1.54) is 6.92 Å². The number of rotatable bonds is 9. The van der Waals surface area contributed by atoms with Crippen molar-refractivity contribution in [2.75, 3.05) is 25.5 Å². The second-order valence-corrected chi connectivity index (χ2v) is 8.28. The minimum Gasteiger partial charge on any atom is -0.377 e. The molecule has 33 heavy (non-hydrogen) atoms. The molecule has 1 aliphatic rings. The maximum Gasteiger partial charge on any atom is 0.178 e. The molecule has 1 unspecified atom stereocenters. The average Bonchev–Trinajstić information content (AvgIpc) is 3.22. The van der Waals surface area contributed by atoms with Gasteiger partial charge in [0.15, 0.2) is 5.78 Å². The number of nitrogens with zero attached hydrogens (tertiary/aromatic N) is 3. The van der Waals surface area contributed by atoms with E-state index in [0.29, 0.717) is 29.5 Å². The number of Topliss-reactive ketones (excluding diaryl/α,β-unsaturated/α-hetero) is 1. The largest absolute Gasteiger partial charge is 0.377 e. The molecular weight excluding hydrogens is 414 g/mol. The van der Waals surface area contributed by atoms with Gasteiger partial charge in [0.1, 0.15) is 17.8 Å². The summed E-state index contributed by atoms with van der Waals surface area (Å²) in [6.45, 7) is 6.39. The summed E-state index contributed by atoms with van der Waals surface area (Å²) < 4.78 is 0. The lowest BCUT2D eigenvalue weighted by Crippen LogP contribution is -2.22. The number of ketones is 1. The van der Waals surface area contributed by atoms with E-state index in [0.717, 1.165) is 47.9 Å². The summed E-state index contributed by atoms with van der Waals surface area (Å²) in [5.74, 6) is 0.315. The van der Waals surface area contributed by atoms with Crippen LogP contribution in [-0.4, -0.2) is 58.8 Å². The van der Waals surface area contributed by atoms with Gasteiger partial charge >= 0.3 is 0 Å². The Bertz CT molecular complexity index is 1110. The van der Waals surface area contributed by atoms with Crippen molar-refractivity contribution in [3.05, 3.63) is 53.3 Å². The second kappa shape index (κ2) is 10.9. The van der Waals surface area contributed by atoms with Gasteiger partial charge in [0.05, 0.1) is 12.2 Å². The molecule has 172 valence electrons. The maximum atomic E-state index is 12.2. The molecule has 2 heterocycles. The van der Waals surface area contributed by atoms with Gasteiger partial charge in [-0.05, 0) is 63.6 Å². The van der Waals surface area contributed by atoms with Gasteiger partial charge in [-0.15, -0.1) is 5.73 Å². The first-order valence-electron chi connectivity index (χ1n) is 11.3. The number of aromatic nitrogens is 2. The van der Waals surface area contributed by atoms with Crippen LogP contribution in [0, 0.1) is 12.3 Å². The van der Waals surface area contributed by atoms with Crippen LogP contribution in [-0.2, 0) is 9.59 Å². The Morgan fingerprint density at radius 1 is 1.27 bits per heavy atom. The first kappa shape index (κ1) is 24.2. The number of anilines is 1. The molecule has 7 heteroatoms. The van der Waals surface area contributed by atoms with E-state index >= 15 is 0 Å². The van der Waals surface area contributed by atoms with Crippen molar-refractivity contribution >= 4 is 29.0 Å². The fourth-order valence-corrected chi connectivity index (χ4v) is 4.02. The van der Waals surface area contributed by atoms with Crippen molar-refractivity contribution in [3.8, 4) is 11.1 Å². The van der Waals surface area contributed by atoms with E-state index in [1.807, 2.05) is 13.0 Å². The molecule has 0 radical (unpaired) electrons. The normalized spacial score (nSPS) is 15.6. The van der Waals surface area contributed by atoms with Gasteiger partial charge < -0.3 is 10.1 Å². The van der Waals surface area contributed by atoms with E-state index in [9.17, 15) is 9.59 Å². The number of carbonyl (C=O) groups excluding carboxylic acids is 2. The molecule has 0 amide bonds. The second-order valence-electron chi connectivity index (χ2n) is 8.28. The van der Waals surface area contributed by atoms with E-state index < -0.39 is 0 Å². The molecule has 7 nitrogen and oxygen atoms in total. The smallest absolute Gasteiger partial charge is 0.178 e. The molecule has 1 fully saturated rings. The number of aldehydes is 1. The fraction of sp³-hybridized carbons (Fsp3) is 0.385. The van der Waals surface area contributed by atoms with E-state index in [-0.39, 0.29) is 18.0 Å². The zero-order valence-corrected chi connectivity index (χ0v) is 19.7. The highest BCUT2D eigenvalue weighted by atomic mass is 16.1. The van der Waals surface area contributed by atoms with Crippen molar-refractivity contribution in [2.24, 2.45) is 0 Å². The summed E-state index contributed by atoms with van der Waals surface area (Å²) in [4.78, 5) is 34.2. The molecule has 3 rings (SSSR count). The predicted molar refractivity (Wildman–Crippen MR) is 132 cm³/mol. The van der Waals surface area contributed by atoms with Crippen LogP contribution in [0.5, 0.6) is 0 Å². The van der Waals surface area contributed by atoms with Gasteiger partial charge in [0.25, 0.3) is 0 Å². The first-order valence-corrected chi connectivity index (χ1v) is 11.3. The lowest BCUT2D eigenvalue weighted by Gasteiger charge is -2.19. The standard InChI is InChI=1S/C26H31N5O2/c1-5-19(8-9-22-7-6-11-31(22)4)23-13-20(21-15-29-18(3)30-16-21)14-24(25(27)17(2)33)26(23)28-10-12-32/h9,12-16,22,27-28H,5-7,10-11H2,1-4H3. The maximum absolute atomic E-state index is 12.2. The fourth-order valence-electron chi connectivity index (χ4n) is 4.02. The molecule has 1 aromatic heterocycles. The minimum absolute atomic E-state index is 0.0737. The van der Waals surface area contributed by atoms with Crippen molar-refractivity contribution in [3.63, 3.8) is 0 Å². The number of benzene rings is 1. The highest BCUT2D eigenvalue weighted by Crippen LogP contribution is 2.35. The molecule has 2 N–H and O–H groups in total. The summed E-state index contributed by atoms with van der Waals surface area (Å²) in [7, 11) is 2.11. The number of aryl methyl sites for hydroxylation is 1. The topological polar surface area (TPSA) is 99.0 Å². The average molecular weight is 446 g/mol. The Balaban J connectivity index is 2.26. The van der Waals surface area contributed by atoms with Crippen molar-refractivity contribution < 1.29 is 9.59 Å². The van der Waals surface area contributed by atoms with Crippen LogP contribution >= 0.6 is 0 Å². The monoisotopic (exact) mass is 445 g/mol. The van der Waals surface area contributed by atoms with E-state index in [2.05, 4.69) is 46.0 Å². The summed E-state index contributed by atoms with van der Waals surface area (Å²) in [6.07, 6.45) is 9.30. The molecule has 1 aromatic carbocycles. The van der Waals surface area contributed by atoms with Crippen LogP contribution < -0.4 is 5.32 Å². The van der Waals surface area contributed by atoms with Gasteiger partial charge in [-0.3, -0.25) is 15.1 Å². The molecule has 1 saturated heterocycles. The number of likely N-dealkylation sites (tertiary alicyclic amines) is 1. The summed E-state index contributed by atoms with van der Waals surface area (Å²) >= 11 is 0. The first-order chi connectivity index (χ1) is 15.8. The third kappa shape index (κ3) is 5.69. The number of hydrogen-bond donors (Lipinski definition) is 2. The molecule has 0 spiro atoms. The molecule has 1 atom stereocenters. The van der Waals surface area contributed by atoms with Crippen LogP contribution in [0.4, 0.5) is 5.69 Å². The lowest BCUT2D eigenvalue weighted by molar-refractivity contribution is -0.111. The molecular formula is C26H31N5O2. The Morgan fingerprint density at radius 2 is 1.97 bits per heavy atom. The van der Waals surface area contributed by atoms with Crippen LogP contribution in [0.15, 0.2) is 36.3 Å². The van der Waals surface area contributed by atoms with Gasteiger partial charge in [0, 0.05) is 47.6 Å². The van der Waals surface area contributed by atoms with Gasteiger partial charge in [-0.25, -0.2) is 9.97 Å². The zero-order chi connectivity index (χ0) is 24.0. The predicted octanol–water partition coefficient (Wildman–Crippen LogP) is 4.06. The molecule has 0 aliphatic carbocycles. The number of likely N-dealkylation sites (N-methyl/N-ethyl adjacent to an activating group) is 1. The van der Waals surface area contributed by atoms with Crippen molar-refractivity contribution in [1.82, 2.24) is 14.9 Å². The quantitative estimate of drug-likeness (QED) is 0.343. The number of carbonyl (C=O) groups is 2. The number of nitrogens with one attached hydrogen (secondary N) is 2. The van der Waals surface area contributed by atoms with Gasteiger partial charge in [-0.1, -0.05) is 6.92 Å². The SMILES string of the molecule is CCC(=C=CC1CCCN1C)c1cc(-c2cnc(C)nc2)cc(C(=N)C(C)=O)c1NCC=O. The summed E-state index contributed by atoms with van der Waals surface area (Å²) in [6, 6.07) is 4.12. The molecule has 1 aliphatic heterocycles. The van der Waals surface area contributed by atoms with Gasteiger partial charge in [0.2, 0.25) is 0 Å². The molecule has 0 saturated carbocycles. The Kier molecular flexibility index (Phi) is 8.04. The molecule has 0 bridgehead atoms. The van der Waals surface area contributed by atoms with Crippen LogP contribution in [0.3, 0.4) is 0 Å². The van der Waals surface area contributed by atoms with Crippen molar-refractivity contribution in [1.29, 1.82) is 5.41 Å². The van der Waals surface area contributed by atoms with Crippen LogP contribution in [0.1, 0.15) is 50.1 Å². The third-order valence-corrected chi connectivity index (χ3v) is 5.94. The Hall–Kier alpha value is -3.41. The Labute approximate surface area is 195 Å². The van der Waals surface area contributed by atoms with E-state index in [4.69, 9.17) is 5.41 Å². The highest BCUT2D eigenvalue weighted by molar-refractivity contribution is 6.45. The van der Waals surface area contributed by atoms with Gasteiger partial charge in [-0.2, -0.15) is 0 Å². The highest BCUT2D eigenvalue weighted by Gasteiger charge is 2.21. The summed E-state index contributed by atoms with van der Waals surface area (Å²) in [5.41, 5.74) is 7.76. The number of hydrogen-bond acceptors (Lipinski definition) is 7. The third-order valence-electron chi connectivity index (χ3n) is 5.94. The Morgan fingerprint density at radius 3 is 2.55 bits per heavy atom. The van der Waals surface area contributed by atoms with Crippen molar-refractivity contribution in [2.45, 2.75) is 46.1 Å². The summed E-state index contributed by atoms with van der Waals surface area (Å²) in [5, 5.41) is 11.6. The van der Waals surface area contributed by atoms with Crippen LogP contribution in [0.25, 0.3) is 16.7 Å². The minimum atomic E-state index is -0.349. The van der Waals surface area contributed by atoms with E-state index in [1.54, 1.807) is 18.5 Å². The zero-order valence-electron chi connectivity index (χ0n) is 19.7. The van der Waals surface area contributed by atoms with Crippen LogP contribution in [0.2, 0.25) is 0 Å².